The van der Waals surface area contributed by atoms with E-state index in [1.54, 1.807) is 0 Å². The van der Waals surface area contributed by atoms with Crippen LogP contribution in [0.3, 0.4) is 0 Å². The van der Waals surface area contributed by atoms with Gasteiger partial charge < -0.3 is 10.2 Å². The third-order valence-electron chi connectivity index (χ3n) is 6.31. The van der Waals surface area contributed by atoms with Gasteiger partial charge in [-0.3, -0.25) is 9.36 Å². The number of carbonyl (C=O) groups excluding carboxylic acids is 1. The summed E-state index contributed by atoms with van der Waals surface area (Å²) in [5.41, 5.74) is 4.18. The van der Waals surface area contributed by atoms with E-state index in [0.717, 1.165) is 66.3 Å². The van der Waals surface area contributed by atoms with Crippen LogP contribution in [0.5, 0.6) is 0 Å². The second-order valence-electron chi connectivity index (χ2n) is 8.72. The third-order valence-corrected chi connectivity index (χ3v) is 7.58. The zero-order chi connectivity index (χ0) is 23.2. The second-order valence-corrected chi connectivity index (χ2v) is 9.95. The van der Waals surface area contributed by atoms with Gasteiger partial charge >= 0.3 is 0 Å². The molecule has 0 atom stereocenters. The molecule has 1 aliphatic heterocycles. The van der Waals surface area contributed by atoms with Crippen LogP contribution in [0, 0.1) is 13.8 Å². The Bertz CT molecular complexity index is 1090. The van der Waals surface area contributed by atoms with Gasteiger partial charge in [-0.25, -0.2) is 9.97 Å². The summed E-state index contributed by atoms with van der Waals surface area (Å²) in [6.45, 7) is 9.04. The lowest BCUT2D eigenvalue weighted by Crippen LogP contribution is -2.32. The van der Waals surface area contributed by atoms with Crippen molar-refractivity contribution in [3.8, 4) is 5.69 Å². The third kappa shape index (κ3) is 5.18. The lowest BCUT2D eigenvalue weighted by molar-refractivity contribution is 0.0943. The highest BCUT2D eigenvalue weighted by Gasteiger charge is 2.25. The molecule has 2 aromatic heterocycles. The van der Waals surface area contributed by atoms with Gasteiger partial charge in [-0.1, -0.05) is 25.1 Å². The van der Waals surface area contributed by atoms with Crippen LogP contribution in [0.25, 0.3) is 16.7 Å². The van der Waals surface area contributed by atoms with Crippen LogP contribution in [0.1, 0.15) is 60.9 Å². The molecule has 1 fully saturated rings. The number of nitrogens with zero attached hydrogens (tertiary/aromatic N) is 4. The molecule has 0 aliphatic carbocycles. The minimum atomic E-state index is -0.188. The summed E-state index contributed by atoms with van der Waals surface area (Å²) in [6.07, 6.45) is 5.69. The minimum Gasteiger partial charge on any atom is -0.356 e. The van der Waals surface area contributed by atoms with Crippen molar-refractivity contribution in [3.05, 3.63) is 47.4 Å². The summed E-state index contributed by atoms with van der Waals surface area (Å²) in [7, 11) is 0. The van der Waals surface area contributed by atoms with E-state index in [2.05, 4.69) is 47.7 Å². The number of thioether (sulfide) groups is 1. The average Bonchev–Trinajstić information content (AvgIpc) is 3.11. The average molecular weight is 466 g/mol. The Hall–Kier alpha value is -2.54. The fourth-order valence-electron chi connectivity index (χ4n) is 4.47. The number of piperidine rings is 1. The number of anilines is 1. The van der Waals surface area contributed by atoms with Crippen LogP contribution >= 0.6 is 11.8 Å². The molecule has 6 nitrogen and oxygen atoms in total. The number of rotatable bonds is 9. The number of amides is 1. The van der Waals surface area contributed by atoms with Crippen molar-refractivity contribution in [1.82, 2.24) is 19.9 Å². The highest BCUT2D eigenvalue weighted by atomic mass is 32.2. The van der Waals surface area contributed by atoms with Gasteiger partial charge in [-0.15, -0.1) is 0 Å². The number of fused-ring (bicyclic) bond motifs is 1. The number of hydrogen-bond donors (Lipinski definition) is 1. The van der Waals surface area contributed by atoms with Gasteiger partial charge in [-0.2, -0.15) is 11.8 Å². The number of aryl methyl sites for hydroxylation is 1. The maximum Gasteiger partial charge on any atom is 0.289 e. The molecule has 176 valence electrons. The highest BCUT2D eigenvalue weighted by Crippen LogP contribution is 2.34. The summed E-state index contributed by atoms with van der Waals surface area (Å²) < 4.78 is 2.16. The fraction of sp³-hybridized carbons (Fsp3) is 0.500. The highest BCUT2D eigenvalue weighted by molar-refractivity contribution is 7.99. The molecule has 7 heteroatoms. The molecule has 1 aliphatic rings. The van der Waals surface area contributed by atoms with Crippen molar-refractivity contribution in [2.24, 2.45) is 0 Å². The first-order chi connectivity index (χ1) is 16.1. The lowest BCUT2D eigenvalue weighted by Gasteiger charge is -2.28. The number of benzene rings is 1. The molecule has 1 N–H and O–H groups in total. The molecule has 0 radical (unpaired) electrons. The van der Waals surface area contributed by atoms with Crippen molar-refractivity contribution >= 4 is 34.5 Å². The van der Waals surface area contributed by atoms with Crippen molar-refractivity contribution in [2.45, 2.75) is 52.9 Å². The predicted molar refractivity (Wildman–Crippen MR) is 139 cm³/mol. The number of carbonyl (C=O) groups is 1. The smallest absolute Gasteiger partial charge is 0.289 e. The maximum absolute atomic E-state index is 13.1. The van der Waals surface area contributed by atoms with E-state index in [4.69, 9.17) is 9.97 Å². The Morgan fingerprint density at radius 1 is 1.06 bits per heavy atom. The molecule has 4 rings (SSSR count). The van der Waals surface area contributed by atoms with Crippen LogP contribution in [0.15, 0.2) is 30.3 Å². The van der Waals surface area contributed by atoms with Gasteiger partial charge in [-0.05, 0) is 75.2 Å². The normalized spacial score (nSPS) is 14.1. The Labute approximate surface area is 201 Å². The van der Waals surface area contributed by atoms with E-state index >= 15 is 0 Å². The van der Waals surface area contributed by atoms with E-state index in [1.165, 1.54) is 24.2 Å². The van der Waals surface area contributed by atoms with Crippen molar-refractivity contribution in [2.75, 3.05) is 36.0 Å². The summed E-state index contributed by atoms with van der Waals surface area (Å²) in [6, 6.07) is 10.3. The van der Waals surface area contributed by atoms with E-state index in [0.29, 0.717) is 6.54 Å². The van der Waals surface area contributed by atoms with E-state index in [9.17, 15) is 4.79 Å². The van der Waals surface area contributed by atoms with Crippen LogP contribution in [-0.2, 0) is 0 Å². The van der Waals surface area contributed by atoms with Gasteiger partial charge in [0, 0.05) is 31.0 Å². The number of hydrogen-bond acceptors (Lipinski definition) is 5. The molecule has 1 saturated heterocycles. The summed E-state index contributed by atoms with van der Waals surface area (Å²) >= 11 is 1.94. The molecule has 3 heterocycles. The summed E-state index contributed by atoms with van der Waals surface area (Å²) in [4.78, 5) is 25.1. The zero-order valence-corrected chi connectivity index (χ0v) is 20.9. The minimum absolute atomic E-state index is 0.188. The lowest BCUT2D eigenvalue weighted by atomic mass is 10.1. The van der Waals surface area contributed by atoms with E-state index in [-0.39, 0.29) is 11.7 Å². The van der Waals surface area contributed by atoms with Crippen molar-refractivity contribution in [3.63, 3.8) is 0 Å². The molecular formula is C26H35N5OS. The zero-order valence-electron chi connectivity index (χ0n) is 20.1. The first-order valence-electron chi connectivity index (χ1n) is 12.2. The van der Waals surface area contributed by atoms with Crippen molar-refractivity contribution in [1.29, 1.82) is 0 Å². The molecule has 33 heavy (non-hydrogen) atoms. The molecule has 0 unspecified atom stereocenters. The van der Waals surface area contributed by atoms with Crippen LogP contribution in [-0.4, -0.2) is 51.6 Å². The predicted octanol–water partition coefficient (Wildman–Crippen LogP) is 5.29. The standard InChI is InChI=1S/C26H35N5OS/c1-4-17-33-18-11-14-27-26(32)23-28-24(30-15-9-6-10-16-30)22-19(2)20(3)31(25(22)29-23)21-12-7-5-8-13-21/h5,7-8,12-13H,4,6,9-11,14-18H2,1-3H3,(H,27,32). The Balaban J connectivity index is 1.72. The SMILES string of the molecule is CCCSCCCNC(=O)c1nc(N2CCCCC2)c2c(C)c(C)n(-c3ccccc3)c2n1. The van der Waals surface area contributed by atoms with E-state index in [1.807, 2.05) is 30.0 Å². The maximum atomic E-state index is 13.1. The number of nitrogens with one attached hydrogen (secondary N) is 1. The van der Waals surface area contributed by atoms with E-state index < -0.39 is 0 Å². The monoisotopic (exact) mass is 465 g/mol. The van der Waals surface area contributed by atoms with Crippen LogP contribution in [0.4, 0.5) is 5.82 Å². The Morgan fingerprint density at radius 2 is 1.82 bits per heavy atom. The molecule has 0 spiro atoms. The topological polar surface area (TPSA) is 63.1 Å². The van der Waals surface area contributed by atoms with Gasteiger partial charge in [0.15, 0.2) is 5.65 Å². The van der Waals surface area contributed by atoms with Gasteiger partial charge in [0.2, 0.25) is 5.82 Å². The molecule has 3 aromatic rings. The number of para-hydroxylation sites is 1. The van der Waals surface area contributed by atoms with Crippen LogP contribution < -0.4 is 10.2 Å². The van der Waals surface area contributed by atoms with Gasteiger partial charge in [0.1, 0.15) is 5.82 Å². The van der Waals surface area contributed by atoms with Gasteiger partial charge in [0.05, 0.1) is 5.39 Å². The largest absolute Gasteiger partial charge is 0.356 e. The summed E-state index contributed by atoms with van der Waals surface area (Å²) in [5.74, 6) is 3.20. The fourth-order valence-corrected chi connectivity index (χ4v) is 5.31. The first-order valence-corrected chi connectivity index (χ1v) is 13.3. The second kappa shape index (κ2) is 11.1. The molecule has 0 bridgehead atoms. The Morgan fingerprint density at radius 3 is 2.55 bits per heavy atom. The summed E-state index contributed by atoms with van der Waals surface area (Å²) in [5, 5.41) is 4.11. The quantitative estimate of drug-likeness (QED) is 0.435. The Kier molecular flexibility index (Phi) is 7.91. The molecular weight excluding hydrogens is 430 g/mol. The van der Waals surface area contributed by atoms with Gasteiger partial charge in [0.25, 0.3) is 5.91 Å². The first kappa shape index (κ1) is 23.6. The molecule has 0 saturated carbocycles. The van der Waals surface area contributed by atoms with Crippen LogP contribution in [0.2, 0.25) is 0 Å². The van der Waals surface area contributed by atoms with Crippen molar-refractivity contribution < 1.29 is 4.79 Å². The molecule has 1 amide bonds. The molecule has 1 aromatic carbocycles. The number of aromatic nitrogens is 3.